The Morgan fingerprint density at radius 1 is 0.632 bits per heavy atom. The van der Waals surface area contributed by atoms with Gasteiger partial charge in [0.05, 0.1) is 25.6 Å². The molecule has 2 aliphatic rings. The number of amides is 12. The van der Waals surface area contributed by atoms with Crippen molar-refractivity contribution in [3.63, 3.8) is 0 Å². The molecule has 0 radical (unpaired) electrons. The molecule has 33 heteroatoms. The zero-order valence-corrected chi connectivity index (χ0v) is 53.1. The fourth-order valence-electron chi connectivity index (χ4n) is 10.3. The number of benzene rings is 3. The maximum Gasteiger partial charge on any atom is 0.245 e. The average molecular weight is 1320 g/mol. The number of phenolic OH excluding ortho intramolecular Hbond substituents is 1. The minimum absolute atomic E-state index is 0.0200. The van der Waals surface area contributed by atoms with E-state index in [4.69, 9.17) is 34.4 Å². The summed E-state index contributed by atoms with van der Waals surface area (Å²) in [5, 5.41) is 38.5. The number of nitrogens with zero attached hydrogens (tertiary/aromatic N) is 3. The molecule has 1 unspecified atom stereocenters. The monoisotopic (exact) mass is 1320 g/mol. The van der Waals surface area contributed by atoms with E-state index in [9.17, 15) is 62.6 Å². The van der Waals surface area contributed by atoms with Gasteiger partial charge in [-0.15, -0.1) is 0 Å². The van der Waals surface area contributed by atoms with Gasteiger partial charge in [0.1, 0.15) is 54.1 Å². The molecular weight excluding hydrogens is 1230 g/mol. The first-order valence-corrected chi connectivity index (χ1v) is 31.3. The summed E-state index contributed by atoms with van der Waals surface area (Å²) in [4.78, 5) is 176. The van der Waals surface area contributed by atoms with Gasteiger partial charge in [-0.2, -0.15) is 0 Å². The van der Waals surface area contributed by atoms with Crippen LogP contribution in [0.1, 0.15) is 87.8 Å². The van der Waals surface area contributed by atoms with E-state index in [1.54, 1.807) is 42.5 Å². The third kappa shape index (κ3) is 26.6. The highest BCUT2D eigenvalue weighted by atomic mass is 16.3. The van der Waals surface area contributed by atoms with Crippen LogP contribution in [0.5, 0.6) is 5.75 Å². The number of hydrogen-bond donors (Lipinski definition) is 18. The van der Waals surface area contributed by atoms with Gasteiger partial charge in [0.15, 0.2) is 11.9 Å². The van der Waals surface area contributed by atoms with Crippen LogP contribution in [0.2, 0.25) is 0 Å². The van der Waals surface area contributed by atoms with Crippen molar-refractivity contribution >= 4 is 82.8 Å². The Kier molecular flexibility index (Phi) is 31.1. The summed E-state index contributed by atoms with van der Waals surface area (Å²) >= 11 is 0. The highest BCUT2D eigenvalue weighted by Crippen LogP contribution is 2.20. The van der Waals surface area contributed by atoms with Gasteiger partial charge in [-0.05, 0) is 106 Å². The fraction of sp³-hybridized carbons (Fsp3) is 0.484. The van der Waals surface area contributed by atoms with Crippen molar-refractivity contribution in [2.75, 3.05) is 45.8 Å². The molecule has 3 aromatic carbocycles. The molecule has 2 heterocycles. The molecule has 33 nitrogen and oxygen atoms in total. The summed E-state index contributed by atoms with van der Waals surface area (Å²) < 4.78 is 0. The first-order chi connectivity index (χ1) is 45.4. The maximum absolute atomic E-state index is 14.6. The van der Waals surface area contributed by atoms with Crippen molar-refractivity contribution < 1.29 is 62.6 Å². The number of nitrogens with one attached hydrogen (secondary N) is 11. The summed E-state index contributed by atoms with van der Waals surface area (Å²) in [5.41, 5.74) is 35.5. The molecule has 2 aliphatic heterocycles. The molecule has 9 atom stereocenters. The van der Waals surface area contributed by atoms with E-state index in [2.05, 4.69) is 68.5 Å². The molecule has 24 N–H and O–H groups in total. The highest BCUT2D eigenvalue weighted by molar-refractivity contribution is 6.00. The van der Waals surface area contributed by atoms with Gasteiger partial charge in [0.25, 0.3) is 0 Å². The van der Waals surface area contributed by atoms with E-state index in [-0.39, 0.29) is 88.7 Å². The second-order valence-corrected chi connectivity index (χ2v) is 22.9. The summed E-state index contributed by atoms with van der Waals surface area (Å²) in [6.07, 6.45) is 0.797. The third-order valence-corrected chi connectivity index (χ3v) is 15.4. The fourth-order valence-corrected chi connectivity index (χ4v) is 10.3. The number of likely N-dealkylation sites (tertiary alicyclic amines) is 1. The zero-order valence-electron chi connectivity index (χ0n) is 53.1. The third-order valence-electron chi connectivity index (χ3n) is 15.4. The first-order valence-electron chi connectivity index (χ1n) is 31.3. The molecule has 95 heavy (non-hydrogen) atoms. The lowest BCUT2D eigenvalue weighted by molar-refractivity contribution is -0.142. The van der Waals surface area contributed by atoms with E-state index in [1.807, 2.05) is 30.3 Å². The first kappa shape index (κ1) is 75.3. The number of nitrogens with two attached hydrogens (primary N) is 6. The average Bonchev–Trinajstić information content (AvgIpc) is 1.82. The molecule has 0 spiro atoms. The minimum Gasteiger partial charge on any atom is -0.508 e. The van der Waals surface area contributed by atoms with Crippen LogP contribution in [0, 0.1) is 0 Å². The maximum atomic E-state index is 14.6. The zero-order chi connectivity index (χ0) is 69.4. The van der Waals surface area contributed by atoms with Gasteiger partial charge in [-0.3, -0.25) is 67.5 Å². The van der Waals surface area contributed by atoms with Gasteiger partial charge >= 0.3 is 0 Å². The van der Waals surface area contributed by atoms with E-state index in [0.29, 0.717) is 37.9 Å². The number of primary amides is 1. The van der Waals surface area contributed by atoms with Crippen LogP contribution in [0.3, 0.4) is 0 Å². The number of aliphatic imine (C=N–C) groups is 2. The van der Waals surface area contributed by atoms with Crippen molar-refractivity contribution in [3.8, 4) is 5.75 Å². The number of hydrogen-bond acceptors (Lipinski definition) is 17. The molecular formula is C62H90N20O13. The molecule has 5 rings (SSSR count). The number of phenols is 1. The summed E-state index contributed by atoms with van der Waals surface area (Å²) in [6.45, 7) is 0.0875. The van der Waals surface area contributed by atoms with E-state index in [1.165, 1.54) is 24.0 Å². The molecule has 0 bridgehead atoms. The SMILES string of the molecule is C[C@H](NC(=O)C1CNC(=O)C[C@@H](NC(=O)[C@H](Cc2ccccc2)NC(=O)CNC(=O)CNC(=O)[C@H](Cc2ccc(O)cc2)NCc2ccccc2)C(=O)N[C@@H](CCCN=C(N)N)C(=O)N[C@@H](CCCN=C(N)N)C(=O)N1)C(=O)N1CCC[C@H]1C(=O)N[C@@H](CCCCN)C(N)=O. The summed E-state index contributed by atoms with van der Waals surface area (Å²) in [5.74, 6) is -10.8. The number of carbonyl (C=O) groups is 12. The largest absolute Gasteiger partial charge is 0.508 e. The standard InChI is InChI=1S/C62H90N20O13/c1-36(60(95)82-28-12-20-48(82)59(94)77-41(52(64)87)17-8-9-25-63)75-58(93)47-33-72-49(84)31-46(57(92)79-42(18-10-26-69-61(65)66)54(89)78-43(55(90)81-47)19-11-27-70-62(67)68)80-56(91)45(30-37-13-4-2-5-14-37)76-51(86)35-73-50(85)34-74-53(88)44(29-38-21-23-40(83)24-22-38)71-32-39-15-6-3-7-16-39/h2-7,13-16,21-24,36,41-48,71,83H,8-12,17-20,25-35,63H2,1H3,(H2,64,87)(H,72,84)(H,73,85)(H,74,88)(H,75,93)(H,76,86)(H,77,94)(H,78,89)(H,79,92)(H,80,91)(H,81,90)(H4,65,66,69)(H4,67,68,70)/t36-,41-,42-,43-,44-,45-,46+,47?,48-/m0/s1. The quantitative estimate of drug-likeness (QED) is 0.0153. The molecule has 2 saturated heterocycles. The van der Waals surface area contributed by atoms with E-state index >= 15 is 0 Å². The van der Waals surface area contributed by atoms with Gasteiger partial charge in [-0.1, -0.05) is 72.8 Å². The van der Waals surface area contributed by atoms with Crippen LogP contribution >= 0.6 is 0 Å². The van der Waals surface area contributed by atoms with Crippen molar-refractivity contribution in [2.24, 2.45) is 44.4 Å². The topological polar surface area (TPSA) is 541 Å². The Morgan fingerprint density at radius 3 is 1.82 bits per heavy atom. The number of guanidine groups is 2. The van der Waals surface area contributed by atoms with Crippen LogP contribution in [0.15, 0.2) is 94.9 Å². The summed E-state index contributed by atoms with van der Waals surface area (Å²) in [7, 11) is 0. The molecule has 2 fully saturated rings. The lowest BCUT2D eigenvalue weighted by Crippen LogP contribution is -2.62. The molecule has 0 aliphatic carbocycles. The van der Waals surface area contributed by atoms with Crippen LogP contribution in [-0.2, 0) is 76.9 Å². The molecule has 0 saturated carbocycles. The Morgan fingerprint density at radius 2 is 1.21 bits per heavy atom. The predicted octanol–water partition coefficient (Wildman–Crippen LogP) is -5.79. The van der Waals surface area contributed by atoms with Crippen LogP contribution in [0.25, 0.3) is 0 Å². The smallest absolute Gasteiger partial charge is 0.245 e. The van der Waals surface area contributed by atoms with Crippen molar-refractivity contribution in [3.05, 3.63) is 102 Å². The van der Waals surface area contributed by atoms with E-state index in [0.717, 1.165) is 11.1 Å². The highest BCUT2D eigenvalue weighted by Gasteiger charge is 2.40. The molecule has 516 valence electrons. The number of carbonyl (C=O) groups excluding carboxylic acids is 12. The lowest BCUT2D eigenvalue weighted by atomic mass is 10.0. The molecule has 12 amide bonds. The number of rotatable bonds is 33. The predicted molar refractivity (Wildman–Crippen MR) is 349 cm³/mol. The number of unbranched alkanes of at least 4 members (excludes halogenated alkanes) is 1. The Labute approximate surface area is 549 Å². The molecule has 0 aromatic heterocycles. The Bertz CT molecular complexity index is 3170. The van der Waals surface area contributed by atoms with Gasteiger partial charge in [0, 0.05) is 39.1 Å². The van der Waals surface area contributed by atoms with Crippen molar-refractivity contribution in [2.45, 2.75) is 145 Å². The van der Waals surface area contributed by atoms with E-state index < -0.39 is 151 Å². The van der Waals surface area contributed by atoms with Gasteiger partial charge in [0.2, 0.25) is 70.9 Å². The second-order valence-electron chi connectivity index (χ2n) is 22.9. The lowest BCUT2D eigenvalue weighted by Gasteiger charge is -2.30. The van der Waals surface area contributed by atoms with Crippen LogP contribution < -0.4 is 92.9 Å². The normalized spacial score (nSPS) is 18.8. The molecule has 3 aromatic rings. The van der Waals surface area contributed by atoms with Gasteiger partial charge in [-0.25, -0.2) is 0 Å². The minimum atomic E-state index is -1.83. The number of aromatic hydroxyl groups is 1. The van der Waals surface area contributed by atoms with Crippen molar-refractivity contribution in [1.29, 1.82) is 0 Å². The van der Waals surface area contributed by atoms with Crippen LogP contribution in [0.4, 0.5) is 0 Å². The van der Waals surface area contributed by atoms with Gasteiger partial charge < -0.3 is 103 Å². The van der Waals surface area contributed by atoms with Crippen LogP contribution in [-0.4, -0.2) is 193 Å². The van der Waals surface area contributed by atoms with Crippen molar-refractivity contribution in [1.82, 2.24) is 63.4 Å². The Balaban J connectivity index is 1.37. The summed E-state index contributed by atoms with van der Waals surface area (Å²) in [6, 6.07) is 11.6. The second kappa shape index (κ2) is 39.2. The Hall–Kier alpha value is -10.4.